The average molecular weight is 368 g/mol. The normalized spacial score (nSPS) is 13.0. The van der Waals surface area contributed by atoms with Crippen LogP contribution < -0.4 is 9.80 Å². The summed E-state index contributed by atoms with van der Waals surface area (Å²) >= 11 is 0. The van der Waals surface area contributed by atoms with Crippen molar-refractivity contribution >= 4 is 17.2 Å². The van der Waals surface area contributed by atoms with Crippen molar-refractivity contribution in [2.75, 3.05) is 16.5 Å². The molecule has 0 fully saturated rings. The van der Waals surface area contributed by atoms with Crippen LogP contribution in [0.3, 0.4) is 0 Å². The van der Waals surface area contributed by atoms with Gasteiger partial charge in [0.15, 0.2) is 0 Å². The fraction of sp³-hybridized carbons (Fsp3) is 0.136. The van der Waals surface area contributed by atoms with E-state index in [4.69, 9.17) is 0 Å². The Kier molecular flexibility index (Phi) is 4.21. The maximum Gasteiger partial charge on any atom is 0.134 e. The Balaban J connectivity index is 1.36. The minimum absolute atomic E-state index is 0.704. The lowest BCUT2D eigenvalue weighted by Gasteiger charge is -2.20. The Morgan fingerprint density at radius 3 is 2.39 bits per heavy atom. The highest BCUT2D eigenvalue weighted by Gasteiger charge is 2.27. The maximum atomic E-state index is 4.52. The summed E-state index contributed by atoms with van der Waals surface area (Å²) in [7, 11) is 0. The van der Waals surface area contributed by atoms with Crippen LogP contribution in [0.4, 0.5) is 17.2 Å². The first-order valence-corrected chi connectivity index (χ1v) is 9.32. The lowest BCUT2D eigenvalue weighted by molar-refractivity contribution is 0.649. The highest BCUT2D eigenvalue weighted by Crippen LogP contribution is 2.39. The van der Waals surface area contributed by atoms with Crippen LogP contribution in [-0.2, 0) is 13.1 Å². The summed E-state index contributed by atoms with van der Waals surface area (Å²) in [6.07, 6.45) is 3.86. The standard InChI is InChI=1S/C22H20N6/c1-2-8-18(9-3-1)14-27-16-19(24-25-27)15-26-17-28(22-12-6-7-13-23-22)21-11-5-4-10-20(21)26/h1-13,16H,14-15,17H2. The summed E-state index contributed by atoms with van der Waals surface area (Å²) in [5, 5.41) is 8.68. The molecule has 5 rings (SSSR count). The van der Waals surface area contributed by atoms with Gasteiger partial charge in [-0.1, -0.05) is 53.7 Å². The molecular weight excluding hydrogens is 348 g/mol. The monoisotopic (exact) mass is 368 g/mol. The second-order valence-electron chi connectivity index (χ2n) is 6.84. The van der Waals surface area contributed by atoms with Crippen molar-refractivity contribution in [2.24, 2.45) is 0 Å². The zero-order chi connectivity index (χ0) is 18.8. The molecule has 0 spiro atoms. The van der Waals surface area contributed by atoms with Crippen LogP contribution in [0.1, 0.15) is 11.3 Å². The number of hydrogen-bond acceptors (Lipinski definition) is 5. The van der Waals surface area contributed by atoms with E-state index < -0.39 is 0 Å². The maximum absolute atomic E-state index is 4.52. The number of hydrogen-bond donors (Lipinski definition) is 0. The summed E-state index contributed by atoms with van der Waals surface area (Å²) in [6.45, 7) is 2.17. The molecule has 0 saturated carbocycles. The molecule has 6 heteroatoms. The number of nitrogens with zero attached hydrogens (tertiary/aromatic N) is 6. The van der Waals surface area contributed by atoms with Gasteiger partial charge in [-0.25, -0.2) is 9.67 Å². The third-order valence-corrected chi connectivity index (χ3v) is 4.88. The van der Waals surface area contributed by atoms with E-state index in [1.807, 2.05) is 53.5 Å². The largest absolute Gasteiger partial charge is 0.346 e. The molecule has 4 aromatic rings. The van der Waals surface area contributed by atoms with Gasteiger partial charge >= 0.3 is 0 Å². The van der Waals surface area contributed by atoms with E-state index in [1.54, 1.807) is 0 Å². The molecule has 28 heavy (non-hydrogen) atoms. The van der Waals surface area contributed by atoms with Crippen LogP contribution in [0, 0.1) is 0 Å². The Labute approximate surface area is 163 Å². The van der Waals surface area contributed by atoms with Gasteiger partial charge in [-0.15, -0.1) is 5.10 Å². The third-order valence-electron chi connectivity index (χ3n) is 4.88. The first kappa shape index (κ1) is 16.5. The SMILES string of the molecule is c1ccc(Cn2cc(CN3CN(c4ccccn4)c4ccccc43)nn2)cc1. The van der Waals surface area contributed by atoms with Gasteiger partial charge in [0.1, 0.15) is 11.5 Å². The second-order valence-corrected chi connectivity index (χ2v) is 6.84. The fourth-order valence-electron chi connectivity index (χ4n) is 3.58. The second kappa shape index (κ2) is 7.15. The number of rotatable bonds is 5. The summed E-state index contributed by atoms with van der Waals surface area (Å²) in [5.41, 5.74) is 4.52. The predicted molar refractivity (Wildman–Crippen MR) is 109 cm³/mol. The van der Waals surface area contributed by atoms with Gasteiger partial charge in [0.25, 0.3) is 0 Å². The molecule has 0 radical (unpaired) electrons. The Bertz CT molecular complexity index is 1060. The van der Waals surface area contributed by atoms with E-state index in [0.717, 1.165) is 30.4 Å². The number of anilines is 3. The van der Waals surface area contributed by atoms with Crippen molar-refractivity contribution in [1.82, 2.24) is 20.0 Å². The Morgan fingerprint density at radius 1 is 0.786 bits per heavy atom. The number of para-hydroxylation sites is 2. The lowest BCUT2D eigenvalue weighted by Crippen LogP contribution is -2.28. The van der Waals surface area contributed by atoms with E-state index in [-0.39, 0.29) is 0 Å². The van der Waals surface area contributed by atoms with Gasteiger partial charge in [0.05, 0.1) is 37.3 Å². The van der Waals surface area contributed by atoms with Crippen LogP contribution in [0.25, 0.3) is 0 Å². The Morgan fingerprint density at radius 2 is 1.57 bits per heavy atom. The molecule has 3 heterocycles. The molecule has 2 aromatic carbocycles. The van der Waals surface area contributed by atoms with Gasteiger partial charge in [-0.3, -0.25) is 0 Å². The van der Waals surface area contributed by atoms with Gasteiger partial charge in [-0.2, -0.15) is 0 Å². The molecule has 1 aliphatic heterocycles. The van der Waals surface area contributed by atoms with Crippen LogP contribution in [0.5, 0.6) is 0 Å². The first-order chi connectivity index (χ1) is 13.9. The van der Waals surface area contributed by atoms with Crippen LogP contribution >= 0.6 is 0 Å². The number of pyridine rings is 1. The van der Waals surface area contributed by atoms with E-state index in [2.05, 4.69) is 61.5 Å². The summed E-state index contributed by atoms with van der Waals surface area (Å²) < 4.78 is 1.89. The lowest BCUT2D eigenvalue weighted by atomic mass is 10.2. The first-order valence-electron chi connectivity index (χ1n) is 9.32. The van der Waals surface area contributed by atoms with Crippen molar-refractivity contribution in [3.05, 3.63) is 96.4 Å². The van der Waals surface area contributed by atoms with Gasteiger partial charge in [0.2, 0.25) is 0 Å². The van der Waals surface area contributed by atoms with E-state index in [1.165, 1.54) is 11.3 Å². The molecule has 0 aliphatic carbocycles. The predicted octanol–water partition coefficient (Wildman–Crippen LogP) is 3.84. The summed E-state index contributed by atoms with van der Waals surface area (Å²) in [6, 6.07) is 24.7. The average Bonchev–Trinajstić information content (AvgIpc) is 3.34. The van der Waals surface area contributed by atoms with Crippen molar-refractivity contribution in [3.8, 4) is 0 Å². The number of benzene rings is 2. The van der Waals surface area contributed by atoms with Crippen molar-refractivity contribution < 1.29 is 0 Å². The Hall–Kier alpha value is -3.67. The molecule has 0 bridgehead atoms. The van der Waals surface area contributed by atoms with Crippen molar-refractivity contribution in [1.29, 1.82) is 0 Å². The van der Waals surface area contributed by atoms with Gasteiger partial charge in [-0.05, 0) is 29.8 Å². The third kappa shape index (κ3) is 3.20. The zero-order valence-electron chi connectivity index (χ0n) is 15.4. The van der Waals surface area contributed by atoms with Crippen LogP contribution in [0.15, 0.2) is 85.2 Å². The highest BCUT2D eigenvalue weighted by atomic mass is 15.4. The number of aromatic nitrogens is 4. The number of fused-ring (bicyclic) bond motifs is 1. The van der Waals surface area contributed by atoms with Crippen molar-refractivity contribution in [2.45, 2.75) is 13.1 Å². The van der Waals surface area contributed by atoms with E-state index in [0.29, 0.717) is 6.54 Å². The molecule has 0 saturated heterocycles. The van der Waals surface area contributed by atoms with Crippen LogP contribution in [0.2, 0.25) is 0 Å². The molecule has 0 N–H and O–H groups in total. The topological polar surface area (TPSA) is 50.1 Å². The molecule has 2 aromatic heterocycles. The summed E-state index contributed by atoms with van der Waals surface area (Å²) in [5.74, 6) is 0.949. The van der Waals surface area contributed by atoms with Gasteiger partial charge < -0.3 is 9.80 Å². The molecule has 6 nitrogen and oxygen atoms in total. The molecule has 0 amide bonds. The molecule has 0 atom stereocenters. The highest BCUT2D eigenvalue weighted by molar-refractivity contribution is 5.81. The quantitative estimate of drug-likeness (QED) is 0.536. The van der Waals surface area contributed by atoms with Crippen molar-refractivity contribution in [3.63, 3.8) is 0 Å². The minimum atomic E-state index is 0.704. The summed E-state index contributed by atoms with van der Waals surface area (Å²) in [4.78, 5) is 9.05. The van der Waals surface area contributed by atoms with Gasteiger partial charge in [0, 0.05) is 6.20 Å². The smallest absolute Gasteiger partial charge is 0.134 e. The zero-order valence-corrected chi connectivity index (χ0v) is 15.4. The molecule has 0 unspecified atom stereocenters. The molecule has 138 valence electrons. The van der Waals surface area contributed by atoms with E-state index >= 15 is 0 Å². The van der Waals surface area contributed by atoms with E-state index in [9.17, 15) is 0 Å². The fourth-order valence-corrected chi connectivity index (χ4v) is 3.58. The minimum Gasteiger partial charge on any atom is -0.346 e. The molecule has 1 aliphatic rings. The van der Waals surface area contributed by atoms with Crippen LogP contribution in [-0.4, -0.2) is 26.6 Å². The molecular formula is C22H20N6.